The standard InChI is InChI=1S/C16H11N3O2S/c1-21-15(20)13-14(11-7-4-5-9-17-11)22-16-18-10-6-2-3-8-12(10)19(13)16/h2-9H,1H3. The van der Waals surface area contributed by atoms with Crippen molar-refractivity contribution in [2.45, 2.75) is 0 Å². The molecule has 6 heteroatoms. The molecule has 4 rings (SSSR count). The number of hydrogen-bond donors (Lipinski definition) is 0. The lowest BCUT2D eigenvalue weighted by Gasteiger charge is -2.03. The van der Waals surface area contributed by atoms with E-state index in [9.17, 15) is 4.79 Å². The van der Waals surface area contributed by atoms with Crippen LogP contribution in [0.4, 0.5) is 0 Å². The van der Waals surface area contributed by atoms with E-state index < -0.39 is 5.97 Å². The Morgan fingerprint density at radius 3 is 2.77 bits per heavy atom. The molecule has 0 radical (unpaired) electrons. The molecule has 0 aliphatic rings. The number of thiazole rings is 1. The number of imidazole rings is 1. The van der Waals surface area contributed by atoms with Crippen LogP contribution in [0.5, 0.6) is 0 Å². The first-order chi connectivity index (χ1) is 10.8. The lowest BCUT2D eigenvalue weighted by atomic mass is 10.2. The molecule has 0 saturated heterocycles. The molecule has 3 heterocycles. The molecule has 108 valence electrons. The Morgan fingerprint density at radius 2 is 2.00 bits per heavy atom. The summed E-state index contributed by atoms with van der Waals surface area (Å²) in [7, 11) is 1.38. The van der Waals surface area contributed by atoms with Crippen molar-refractivity contribution in [2.24, 2.45) is 0 Å². The Kier molecular flexibility index (Phi) is 2.90. The second-order valence-corrected chi connectivity index (χ2v) is 5.68. The van der Waals surface area contributed by atoms with Gasteiger partial charge in [-0.15, -0.1) is 0 Å². The summed E-state index contributed by atoms with van der Waals surface area (Å²) in [6.07, 6.45) is 1.71. The lowest BCUT2D eigenvalue weighted by Crippen LogP contribution is -2.06. The average molecular weight is 309 g/mol. The second kappa shape index (κ2) is 4.92. The van der Waals surface area contributed by atoms with Crippen molar-refractivity contribution in [3.63, 3.8) is 0 Å². The normalized spacial score (nSPS) is 11.1. The average Bonchev–Trinajstić information content (AvgIpc) is 3.10. The maximum atomic E-state index is 12.3. The quantitative estimate of drug-likeness (QED) is 0.533. The molecule has 3 aromatic heterocycles. The molecule has 0 bridgehead atoms. The second-order valence-electron chi connectivity index (χ2n) is 4.70. The maximum absolute atomic E-state index is 12.3. The molecule has 0 N–H and O–H groups in total. The van der Waals surface area contributed by atoms with E-state index in [1.807, 2.05) is 46.9 Å². The first-order valence-corrected chi connectivity index (χ1v) is 7.51. The highest BCUT2D eigenvalue weighted by molar-refractivity contribution is 7.20. The molecular weight excluding hydrogens is 298 g/mol. The minimum Gasteiger partial charge on any atom is -0.464 e. The van der Waals surface area contributed by atoms with Crippen molar-refractivity contribution in [1.29, 1.82) is 0 Å². The molecule has 22 heavy (non-hydrogen) atoms. The van der Waals surface area contributed by atoms with E-state index >= 15 is 0 Å². The van der Waals surface area contributed by atoms with Crippen LogP contribution in [0.3, 0.4) is 0 Å². The predicted molar refractivity (Wildman–Crippen MR) is 85.1 cm³/mol. The summed E-state index contributed by atoms with van der Waals surface area (Å²) in [4.78, 5) is 22.8. The minimum atomic E-state index is -0.393. The van der Waals surface area contributed by atoms with Crippen molar-refractivity contribution in [1.82, 2.24) is 14.4 Å². The lowest BCUT2D eigenvalue weighted by molar-refractivity contribution is 0.0594. The van der Waals surface area contributed by atoms with Gasteiger partial charge >= 0.3 is 5.97 Å². The fraction of sp³-hybridized carbons (Fsp3) is 0.0625. The monoisotopic (exact) mass is 309 g/mol. The van der Waals surface area contributed by atoms with Crippen molar-refractivity contribution >= 4 is 33.3 Å². The van der Waals surface area contributed by atoms with Gasteiger partial charge in [0.15, 0.2) is 10.7 Å². The zero-order valence-electron chi connectivity index (χ0n) is 11.7. The van der Waals surface area contributed by atoms with Gasteiger partial charge in [0.25, 0.3) is 0 Å². The highest BCUT2D eigenvalue weighted by Gasteiger charge is 2.24. The first-order valence-electron chi connectivity index (χ1n) is 6.69. The molecule has 0 atom stereocenters. The van der Waals surface area contributed by atoms with E-state index in [2.05, 4.69) is 9.97 Å². The van der Waals surface area contributed by atoms with Crippen molar-refractivity contribution in [2.75, 3.05) is 7.11 Å². The third kappa shape index (κ3) is 1.81. The van der Waals surface area contributed by atoms with E-state index in [0.29, 0.717) is 5.69 Å². The Bertz CT molecular complexity index is 989. The fourth-order valence-electron chi connectivity index (χ4n) is 2.48. The van der Waals surface area contributed by atoms with Crippen molar-refractivity contribution in [3.05, 3.63) is 54.4 Å². The van der Waals surface area contributed by atoms with E-state index in [1.165, 1.54) is 18.4 Å². The number of carbonyl (C=O) groups excluding carboxylic acids is 1. The number of esters is 1. The molecular formula is C16H11N3O2S. The number of carbonyl (C=O) groups is 1. The van der Waals surface area contributed by atoms with Gasteiger partial charge in [-0.1, -0.05) is 29.5 Å². The number of para-hydroxylation sites is 2. The molecule has 0 fully saturated rings. The van der Waals surface area contributed by atoms with Gasteiger partial charge in [-0.3, -0.25) is 9.38 Å². The Morgan fingerprint density at radius 1 is 1.18 bits per heavy atom. The Balaban J connectivity index is 2.12. The summed E-state index contributed by atoms with van der Waals surface area (Å²) < 4.78 is 6.82. The highest BCUT2D eigenvalue weighted by atomic mass is 32.1. The summed E-state index contributed by atoms with van der Waals surface area (Å²) >= 11 is 1.43. The molecule has 0 spiro atoms. The number of hydrogen-bond acceptors (Lipinski definition) is 5. The maximum Gasteiger partial charge on any atom is 0.356 e. The number of aromatic nitrogens is 3. The third-order valence-electron chi connectivity index (χ3n) is 3.44. The molecule has 0 unspecified atom stereocenters. The van der Waals surface area contributed by atoms with E-state index in [1.54, 1.807) is 6.20 Å². The summed E-state index contributed by atoms with van der Waals surface area (Å²) in [5.74, 6) is -0.393. The summed E-state index contributed by atoms with van der Waals surface area (Å²) in [6, 6.07) is 13.3. The number of ether oxygens (including phenoxy) is 1. The van der Waals surface area contributed by atoms with Crippen LogP contribution in [0.25, 0.3) is 26.6 Å². The van der Waals surface area contributed by atoms with Crippen LogP contribution in [0.1, 0.15) is 10.5 Å². The zero-order valence-corrected chi connectivity index (χ0v) is 12.5. The largest absolute Gasteiger partial charge is 0.464 e. The molecule has 0 amide bonds. The molecule has 0 aliphatic heterocycles. The van der Waals surface area contributed by atoms with Gasteiger partial charge in [0.05, 0.1) is 28.7 Å². The molecule has 0 saturated carbocycles. The van der Waals surface area contributed by atoms with Gasteiger partial charge in [-0.05, 0) is 24.3 Å². The van der Waals surface area contributed by atoms with Gasteiger partial charge in [0.1, 0.15) is 0 Å². The highest BCUT2D eigenvalue weighted by Crippen LogP contribution is 2.34. The molecule has 0 aliphatic carbocycles. The first kappa shape index (κ1) is 13.0. The summed E-state index contributed by atoms with van der Waals surface area (Å²) in [5, 5.41) is 0. The van der Waals surface area contributed by atoms with Gasteiger partial charge in [0.2, 0.25) is 0 Å². The van der Waals surface area contributed by atoms with Crippen molar-refractivity contribution < 1.29 is 9.53 Å². The minimum absolute atomic E-state index is 0.393. The molecule has 4 aromatic rings. The third-order valence-corrected chi connectivity index (χ3v) is 4.50. The molecule has 5 nitrogen and oxygen atoms in total. The van der Waals surface area contributed by atoms with Crippen LogP contribution in [0, 0.1) is 0 Å². The summed E-state index contributed by atoms with van der Waals surface area (Å²) in [6.45, 7) is 0. The number of rotatable bonds is 2. The number of pyridine rings is 1. The van der Waals surface area contributed by atoms with E-state index in [4.69, 9.17) is 4.74 Å². The van der Waals surface area contributed by atoms with Crippen LogP contribution >= 0.6 is 11.3 Å². The number of nitrogens with zero attached hydrogens (tertiary/aromatic N) is 3. The van der Waals surface area contributed by atoms with E-state index in [0.717, 1.165) is 26.6 Å². The van der Waals surface area contributed by atoms with Crippen LogP contribution in [-0.2, 0) is 4.74 Å². The van der Waals surface area contributed by atoms with Crippen LogP contribution in [-0.4, -0.2) is 27.4 Å². The topological polar surface area (TPSA) is 56.5 Å². The zero-order chi connectivity index (χ0) is 15.1. The Labute approximate surface area is 129 Å². The Hall–Kier alpha value is -2.73. The van der Waals surface area contributed by atoms with Crippen LogP contribution in [0.15, 0.2) is 48.7 Å². The van der Waals surface area contributed by atoms with Crippen LogP contribution < -0.4 is 0 Å². The number of benzene rings is 1. The molecule has 1 aromatic carbocycles. The van der Waals surface area contributed by atoms with Crippen LogP contribution in [0.2, 0.25) is 0 Å². The van der Waals surface area contributed by atoms with Gasteiger partial charge in [-0.25, -0.2) is 9.78 Å². The summed E-state index contributed by atoms with van der Waals surface area (Å²) in [5.41, 5.74) is 2.94. The fourth-order valence-corrected chi connectivity index (χ4v) is 3.59. The smallest absolute Gasteiger partial charge is 0.356 e. The SMILES string of the molecule is COC(=O)c1c(-c2ccccn2)sc2nc3ccccc3n12. The van der Waals surface area contributed by atoms with Gasteiger partial charge < -0.3 is 4.74 Å². The van der Waals surface area contributed by atoms with E-state index in [-0.39, 0.29) is 0 Å². The van der Waals surface area contributed by atoms with Crippen molar-refractivity contribution in [3.8, 4) is 10.6 Å². The van der Waals surface area contributed by atoms with Gasteiger partial charge in [-0.2, -0.15) is 0 Å². The number of fused-ring (bicyclic) bond motifs is 3. The number of methoxy groups -OCH3 is 1. The predicted octanol–water partition coefficient (Wildman–Crippen LogP) is 3.40. The van der Waals surface area contributed by atoms with Gasteiger partial charge in [0, 0.05) is 6.20 Å².